The molecule has 33 heavy (non-hydrogen) atoms. The largest absolute Gasteiger partial charge is 0.0628 e. The Morgan fingerprint density at radius 2 is 1.39 bits per heavy atom. The highest BCUT2D eigenvalue weighted by Crippen LogP contribution is 2.66. The van der Waals surface area contributed by atoms with Crippen molar-refractivity contribution in [3.63, 3.8) is 0 Å². The van der Waals surface area contributed by atoms with Crippen molar-refractivity contribution in [1.29, 1.82) is 0 Å². The lowest BCUT2D eigenvalue weighted by Gasteiger charge is -2.41. The van der Waals surface area contributed by atoms with Crippen molar-refractivity contribution in [1.82, 2.24) is 0 Å². The Hall–Kier alpha value is 0. The van der Waals surface area contributed by atoms with Crippen LogP contribution in [0.3, 0.4) is 0 Å². The number of fused-ring (bicyclic) bond motifs is 1. The van der Waals surface area contributed by atoms with E-state index in [2.05, 4.69) is 48.5 Å². The highest BCUT2D eigenvalue weighted by atomic mass is 14.6. The molecule has 0 spiro atoms. The van der Waals surface area contributed by atoms with Gasteiger partial charge in [-0.25, -0.2) is 0 Å². The topological polar surface area (TPSA) is 0 Å². The summed E-state index contributed by atoms with van der Waals surface area (Å²) in [5, 5.41) is 0. The van der Waals surface area contributed by atoms with Crippen LogP contribution in [0.5, 0.6) is 0 Å². The second kappa shape index (κ2) is 12.8. The first-order valence-corrected chi connectivity index (χ1v) is 15.7. The molecule has 0 radical (unpaired) electrons. The summed E-state index contributed by atoms with van der Waals surface area (Å²) in [7, 11) is 0. The number of hydrogen-bond acceptors (Lipinski definition) is 0. The molecule has 9 atom stereocenters. The highest BCUT2D eigenvalue weighted by Gasteiger charge is 2.56. The van der Waals surface area contributed by atoms with Crippen molar-refractivity contribution < 1.29 is 0 Å². The van der Waals surface area contributed by atoms with E-state index >= 15 is 0 Å². The monoisotopic (exact) mass is 458 g/mol. The van der Waals surface area contributed by atoms with Crippen molar-refractivity contribution in [2.75, 3.05) is 0 Å². The first kappa shape index (κ1) is 27.6. The molecule has 0 heterocycles. The van der Waals surface area contributed by atoms with Gasteiger partial charge in [-0.3, -0.25) is 0 Å². The molecule has 0 aromatic rings. The summed E-state index contributed by atoms with van der Waals surface area (Å²) >= 11 is 0. The molecule has 3 fully saturated rings. The minimum atomic E-state index is 0.805. The van der Waals surface area contributed by atoms with E-state index in [4.69, 9.17) is 0 Å². The summed E-state index contributed by atoms with van der Waals surface area (Å²) in [4.78, 5) is 0. The molecule has 0 heteroatoms. The van der Waals surface area contributed by atoms with Gasteiger partial charge >= 0.3 is 0 Å². The molecule has 3 saturated carbocycles. The van der Waals surface area contributed by atoms with Crippen LogP contribution < -0.4 is 0 Å². The van der Waals surface area contributed by atoms with E-state index in [0.717, 1.165) is 58.7 Å². The van der Waals surface area contributed by atoms with Gasteiger partial charge < -0.3 is 0 Å². The average molecular weight is 459 g/mol. The number of hydrogen-bond donors (Lipinski definition) is 0. The SMILES string of the molecule is CC(C)CCCC(C)CCCC(C)C1CCC2CC2(CCCC(C)CCC2CC(C)C2C)C1. The zero-order valence-corrected chi connectivity index (χ0v) is 24.0. The Morgan fingerprint density at radius 1 is 0.727 bits per heavy atom. The predicted octanol–water partition coefficient (Wildman–Crippen LogP) is 10.9. The Morgan fingerprint density at radius 3 is 2.06 bits per heavy atom. The highest BCUT2D eigenvalue weighted by molar-refractivity contribution is 5.06. The fourth-order valence-corrected chi connectivity index (χ4v) is 8.07. The van der Waals surface area contributed by atoms with E-state index in [0.29, 0.717) is 0 Å². The molecule has 194 valence electrons. The fraction of sp³-hybridized carbons (Fsp3) is 1.00. The quantitative estimate of drug-likeness (QED) is 0.216. The predicted molar refractivity (Wildman–Crippen MR) is 147 cm³/mol. The summed E-state index contributed by atoms with van der Waals surface area (Å²) < 4.78 is 0. The Balaban J connectivity index is 1.27. The van der Waals surface area contributed by atoms with E-state index in [1.54, 1.807) is 32.1 Å². The van der Waals surface area contributed by atoms with Gasteiger partial charge in [0.1, 0.15) is 0 Å². The summed E-state index contributed by atoms with van der Waals surface area (Å²) in [6.45, 7) is 17.3. The molecule has 0 nitrogen and oxygen atoms in total. The molecule has 0 bridgehead atoms. The third-order valence-electron chi connectivity index (χ3n) is 11.3. The maximum atomic E-state index is 2.61. The summed E-state index contributed by atoms with van der Waals surface area (Å²) in [6, 6.07) is 0. The molecule has 0 amide bonds. The maximum absolute atomic E-state index is 2.61. The van der Waals surface area contributed by atoms with E-state index in [-0.39, 0.29) is 0 Å². The first-order valence-electron chi connectivity index (χ1n) is 15.7. The third-order valence-corrected chi connectivity index (χ3v) is 11.3. The van der Waals surface area contributed by atoms with E-state index < -0.39 is 0 Å². The third kappa shape index (κ3) is 8.27. The molecule has 3 aliphatic rings. The van der Waals surface area contributed by atoms with E-state index in [1.807, 2.05) is 0 Å². The molecule has 0 aliphatic heterocycles. The molecule has 0 N–H and O–H groups in total. The van der Waals surface area contributed by atoms with Crippen LogP contribution in [0.4, 0.5) is 0 Å². The molecule has 3 aliphatic carbocycles. The van der Waals surface area contributed by atoms with Crippen molar-refractivity contribution in [2.24, 2.45) is 58.7 Å². The van der Waals surface area contributed by atoms with Gasteiger partial charge in [-0.2, -0.15) is 0 Å². The van der Waals surface area contributed by atoms with Crippen molar-refractivity contribution >= 4 is 0 Å². The summed E-state index contributed by atoms with van der Waals surface area (Å²) in [5.74, 6) is 8.96. The van der Waals surface area contributed by atoms with Gasteiger partial charge in [0.15, 0.2) is 0 Å². The zero-order valence-electron chi connectivity index (χ0n) is 24.0. The molecule has 0 aromatic carbocycles. The minimum Gasteiger partial charge on any atom is -0.0628 e. The van der Waals surface area contributed by atoms with Crippen LogP contribution in [0.15, 0.2) is 0 Å². The summed E-state index contributed by atoms with van der Waals surface area (Å²) in [6.07, 6.45) is 24.2. The van der Waals surface area contributed by atoms with Gasteiger partial charge in [-0.15, -0.1) is 0 Å². The van der Waals surface area contributed by atoms with Crippen molar-refractivity contribution in [3.8, 4) is 0 Å². The lowest BCUT2D eigenvalue weighted by Crippen LogP contribution is -2.32. The smallest absolute Gasteiger partial charge is 0.0263 e. The fourth-order valence-electron chi connectivity index (χ4n) is 8.07. The van der Waals surface area contributed by atoms with Crippen LogP contribution in [0.2, 0.25) is 0 Å². The van der Waals surface area contributed by atoms with Crippen molar-refractivity contribution in [2.45, 2.75) is 151 Å². The Labute approximate surface area is 209 Å². The van der Waals surface area contributed by atoms with Crippen LogP contribution in [-0.4, -0.2) is 0 Å². The molecule has 0 saturated heterocycles. The van der Waals surface area contributed by atoms with Gasteiger partial charge in [-0.05, 0) is 104 Å². The van der Waals surface area contributed by atoms with Crippen molar-refractivity contribution in [3.05, 3.63) is 0 Å². The maximum Gasteiger partial charge on any atom is -0.0263 e. The van der Waals surface area contributed by atoms with Gasteiger partial charge in [0.2, 0.25) is 0 Å². The van der Waals surface area contributed by atoms with E-state index in [1.165, 1.54) is 70.6 Å². The van der Waals surface area contributed by atoms with Crippen LogP contribution in [0.1, 0.15) is 151 Å². The number of rotatable bonds is 16. The van der Waals surface area contributed by atoms with E-state index in [9.17, 15) is 0 Å². The Kier molecular flexibility index (Phi) is 10.7. The van der Waals surface area contributed by atoms with Gasteiger partial charge in [-0.1, -0.05) is 106 Å². The molecular formula is C33H62. The second-order valence-corrected chi connectivity index (χ2v) is 14.6. The summed E-state index contributed by atoms with van der Waals surface area (Å²) in [5.41, 5.74) is 0.805. The normalized spacial score (nSPS) is 36.2. The second-order valence-electron chi connectivity index (χ2n) is 14.6. The van der Waals surface area contributed by atoms with Gasteiger partial charge in [0.05, 0.1) is 0 Å². The first-order chi connectivity index (χ1) is 15.7. The Bertz CT molecular complexity index is 548. The standard InChI is InChI=1S/C33H62/c1-24(2)11-8-12-25(3)13-9-15-27(5)31-18-19-32-23-33(32,22-31)20-10-14-26(4)16-17-30-21-28(6)29(30)7/h24-32H,8-23H2,1-7H3. The van der Waals surface area contributed by atoms with Gasteiger partial charge in [0.25, 0.3) is 0 Å². The van der Waals surface area contributed by atoms with Gasteiger partial charge in [0, 0.05) is 0 Å². The average Bonchev–Trinajstić information content (AvgIpc) is 3.49. The molecule has 9 unspecified atom stereocenters. The zero-order chi connectivity index (χ0) is 24.0. The van der Waals surface area contributed by atoms with Crippen LogP contribution >= 0.6 is 0 Å². The minimum absolute atomic E-state index is 0.805. The van der Waals surface area contributed by atoms with Crippen LogP contribution in [0.25, 0.3) is 0 Å². The van der Waals surface area contributed by atoms with Crippen LogP contribution in [0, 0.1) is 58.7 Å². The van der Waals surface area contributed by atoms with Crippen LogP contribution in [-0.2, 0) is 0 Å². The molecule has 0 aromatic heterocycles. The lowest BCUT2D eigenvalue weighted by atomic mass is 9.64. The molecule has 3 rings (SSSR count). The molecular weight excluding hydrogens is 396 g/mol. The lowest BCUT2D eigenvalue weighted by molar-refractivity contribution is 0.0882.